The highest BCUT2D eigenvalue weighted by Crippen LogP contribution is 2.42. The van der Waals surface area contributed by atoms with Gasteiger partial charge in [-0.3, -0.25) is 15.1 Å². The first-order chi connectivity index (χ1) is 12.0. The van der Waals surface area contributed by atoms with Crippen LogP contribution >= 0.6 is 0 Å². The summed E-state index contributed by atoms with van der Waals surface area (Å²) in [6, 6.07) is 5.62. The molecule has 144 valence electrons. The number of hydrazine groups is 1. The van der Waals surface area contributed by atoms with Gasteiger partial charge in [-0.15, -0.1) is 0 Å². The maximum atomic E-state index is 13.9. The van der Waals surface area contributed by atoms with E-state index in [1.165, 1.54) is 4.90 Å². The minimum Gasteiger partial charge on any atom is -0.444 e. The number of nitrogen functional groups attached to an aromatic ring is 1. The lowest BCUT2D eigenvalue weighted by Gasteiger charge is -2.34. The molecular weight excluding hydrogens is 341 g/mol. The van der Waals surface area contributed by atoms with Gasteiger partial charge in [0.05, 0.1) is 6.04 Å². The fraction of sp³-hybridized carbons (Fsp3) is 0.556. The van der Waals surface area contributed by atoms with Crippen LogP contribution in [0.25, 0.3) is 0 Å². The number of hydrogen-bond acceptors (Lipinski definition) is 5. The van der Waals surface area contributed by atoms with Gasteiger partial charge >= 0.3 is 6.09 Å². The van der Waals surface area contributed by atoms with Gasteiger partial charge < -0.3 is 9.47 Å². The van der Waals surface area contributed by atoms with Gasteiger partial charge in [0.1, 0.15) is 24.1 Å². The molecular formula is C18H26FN3O4. The van der Waals surface area contributed by atoms with Gasteiger partial charge in [0.2, 0.25) is 0 Å². The zero-order chi connectivity index (χ0) is 19.7. The van der Waals surface area contributed by atoms with E-state index < -0.39 is 42.1 Å². The molecule has 2 atom stereocenters. The molecule has 0 aliphatic carbocycles. The van der Waals surface area contributed by atoms with Crippen molar-refractivity contribution in [3.05, 3.63) is 35.4 Å². The number of carbonyl (C=O) groups excluding carboxylic acids is 2. The van der Waals surface area contributed by atoms with Crippen molar-refractivity contribution in [3.63, 3.8) is 0 Å². The van der Waals surface area contributed by atoms with Gasteiger partial charge in [0.15, 0.2) is 0 Å². The predicted octanol–water partition coefficient (Wildman–Crippen LogP) is 2.67. The van der Waals surface area contributed by atoms with Crippen LogP contribution < -0.4 is 11.3 Å². The Bertz CT molecular complexity index is 670. The van der Waals surface area contributed by atoms with Gasteiger partial charge in [-0.1, -0.05) is 12.1 Å². The second-order valence-electron chi connectivity index (χ2n) is 7.65. The standard InChI is InChI=1S/C18H26FN3O4/c1-17(2,3)26-16(24)22-13(10-19)14(25-18(22,4)5)11-6-8-12(9-7-11)15(23)21-20/h6-9,13-14H,10,20H2,1-5H3,(H,21,23). The van der Waals surface area contributed by atoms with Crippen LogP contribution in [0, 0.1) is 0 Å². The van der Waals surface area contributed by atoms with Crippen molar-refractivity contribution in [1.82, 2.24) is 10.3 Å². The second kappa shape index (κ2) is 7.20. The van der Waals surface area contributed by atoms with Crippen LogP contribution in [0.2, 0.25) is 0 Å². The number of amides is 2. The van der Waals surface area contributed by atoms with Gasteiger partial charge in [-0.25, -0.2) is 15.0 Å². The third kappa shape index (κ3) is 4.13. The van der Waals surface area contributed by atoms with Crippen molar-refractivity contribution < 1.29 is 23.5 Å². The third-order valence-corrected chi connectivity index (χ3v) is 4.06. The first-order valence-corrected chi connectivity index (χ1v) is 8.37. The molecule has 0 aromatic heterocycles. The summed E-state index contributed by atoms with van der Waals surface area (Å²) in [7, 11) is 0. The molecule has 1 aliphatic rings. The Kier molecular flexibility index (Phi) is 5.58. The number of alkyl halides is 1. The minimum absolute atomic E-state index is 0.370. The van der Waals surface area contributed by atoms with E-state index in [-0.39, 0.29) is 0 Å². The number of nitrogens with zero attached hydrogens (tertiary/aromatic N) is 1. The number of ether oxygens (including phenoxy) is 2. The van der Waals surface area contributed by atoms with Gasteiger partial charge in [-0.2, -0.15) is 0 Å². The van der Waals surface area contributed by atoms with E-state index in [1.807, 2.05) is 5.43 Å². The second-order valence-corrected chi connectivity index (χ2v) is 7.65. The molecule has 1 heterocycles. The van der Waals surface area contributed by atoms with Crippen LogP contribution in [0.1, 0.15) is 56.6 Å². The summed E-state index contributed by atoms with van der Waals surface area (Å²) < 4.78 is 25.3. The molecule has 8 heteroatoms. The van der Waals surface area contributed by atoms with Gasteiger partial charge in [0.25, 0.3) is 5.91 Å². The Morgan fingerprint density at radius 3 is 2.35 bits per heavy atom. The van der Waals surface area contributed by atoms with E-state index in [2.05, 4.69) is 0 Å². The molecule has 0 radical (unpaired) electrons. The molecule has 1 fully saturated rings. The number of rotatable bonds is 3. The molecule has 0 saturated carbocycles. The molecule has 1 aliphatic heterocycles. The fourth-order valence-electron chi connectivity index (χ4n) is 2.99. The molecule has 2 unspecified atom stereocenters. The molecule has 7 nitrogen and oxygen atoms in total. The number of halogens is 1. The smallest absolute Gasteiger partial charge is 0.413 e. The highest BCUT2D eigenvalue weighted by atomic mass is 19.1. The van der Waals surface area contributed by atoms with E-state index in [1.54, 1.807) is 58.9 Å². The van der Waals surface area contributed by atoms with Crippen LogP contribution in [0.4, 0.5) is 9.18 Å². The van der Waals surface area contributed by atoms with Gasteiger partial charge in [-0.05, 0) is 52.3 Å². The lowest BCUT2D eigenvalue weighted by Crippen LogP contribution is -2.50. The SMILES string of the molecule is CC(C)(C)OC(=O)N1C(CF)C(c2ccc(C(=O)NN)cc2)OC1(C)C. The summed E-state index contributed by atoms with van der Waals surface area (Å²) in [6.45, 7) is 7.83. The number of benzene rings is 1. The summed E-state index contributed by atoms with van der Waals surface area (Å²) >= 11 is 0. The zero-order valence-corrected chi connectivity index (χ0v) is 15.7. The normalized spacial score (nSPS) is 22.2. The first kappa shape index (κ1) is 20.1. The minimum atomic E-state index is -1.04. The zero-order valence-electron chi connectivity index (χ0n) is 15.7. The van der Waals surface area contributed by atoms with E-state index >= 15 is 0 Å². The number of nitrogens with two attached hydrogens (primary N) is 1. The third-order valence-electron chi connectivity index (χ3n) is 4.06. The Labute approximate surface area is 152 Å². The maximum Gasteiger partial charge on any atom is 0.413 e. The highest BCUT2D eigenvalue weighted by molar-refractivity contribution is 5.93. The lowest BCUT2D eigenvalue weighted by molar-refractivity contribution is -0.0797. The highest BCUT2D eigenvalue weighted by Gasteiger charge is 2.51. The number of carbonyl (C=O) groups is 2. The van der Waals surface area contributed by atoms with Crippen molar-refractivity contribution >= 4 is 12.0 Å². The molecule has 2 rings (SSSR count). The van der Waals surface area contributed by atoms with Crippen molar-refractivity contribution in [2.75, 3.05) is 6.67 Å². The van der Waals surface area contributed by atoms with Gasteiger partial charge in [0, 0.05) is 5.56 Å². The van der Waals surface area contributed by atoms with Crippen LogP contribution in [-0.2, 0) is 9.47 Å². The Morgan fingerprint density at radius 2 is 1.88 bits per heavy atom. The summed E-state index contributed by atoms with van der Waals surface area (Å²) in [5, 5.41) is 0. The van der Waals surface area contributed by atoms with Crippen LogP contribution in [0.15, 0.2) is 24.3 Å². The number of nitrogens with one attached hydrogen (secondary N) is 1. The van der Waals surface area contributed by atoms with Crippen LogP contribution in [-0.4, -0.2) is 40.9 Å². The van der Waals surface area contributed by atoms with Crippen molar-refractivity contribution in [2.24, 2.45) is 5.84 Å². The topological polar surface area (TPSA) is 93.9 Å². The molecule has 0 bridgehead atoms. The molecule has 0 spiro atoms. The van der Waals surface area contributed by atoms with Crippen molar-refractivity contribution in [3.8, 4) is 0 Å². The average molecular weight is 367 g/mol. The Balaban J connectivity index is 2.30. The Morgan fingerprint density at radius 1 is 1.31 bits per heavy atom. The summed E-state index contributed by atoms with van der Waals surface area (Å²) in [6.07, 6.45) is -1.32. The predicted molar refractivity (Wildman–Crippen MR) is 93.8 cm³/mol. The summed E-state index contributed by atoms with van der Waals surface area (Å²) in [4.78, 5) is 25.4. The molecule has 1 aromatic carbocycles. The molecule has 1 saturated heterocycles. The first-order valence-electron chi connectivity index (χ1n) is 8.37. The monoisotopic (exact) mass is 367 g/mol. The maximum absolute atomic E-state index is 13.9. The molecule has 2 amide bonds. The summed E-state index contributed by atoms with van der Waals surface area (Å²) in [5.41, 5.74) is 1.32. The van der Waals surface area contributed by atoms with E-state index in [0.717, 1.165) is 0 Å². The van der Waals surface area contributed by atoms with Crippen molar-refractivity contribution in [2.45, 2.75) is 58.1 Å². The Hall–Kier alpha value is -2.19. The molecule has 1 aromatic rings. The van der Waals surface area contributed by atoms with E-state index in [9.17, 15) is 14.0 Å². The van der Waals surface area contributed by atoms with Crippen molar-refractivity contribution in [1.29, 1.82) is 0 Å². The lowest BCUT2D eigenvalue weighted by atomic mass is 10.0. The van der Waals surface area contributed by atoms with E-state index in [4.69, 9.17) is 15.3 Å². The van der Waals surface area contributed by atoms with Crippen LogP contribution in [0.5, 0.6) is 0 Å². The molecule has 26 heavy (non-hydrogen) atoms. The number of hydrogen-bond donors (Lipinski definition) is 2. The molecule has 3 N–H and O–H groups in total. The quantitative estimate of drug-likeness (QED) is 0.487. The fourth-order valence-corrected chi connectivity index (χ4v) is 2.99. The summed E-state index contributed by atoms with van der Waals surface area (Å²) in [5.74, 6) is 4.68. The average Bonchev–Trinajstić information content (AvgIpc) is 2.83. The van der Waals surface area contributed by atoms with E-state index in [0.29, 0.717) is 11.1 Å². The largest absolute Gasteiger partial charge is 0.444 e. The van der Waals surface area contributed by atoms with Crippen LogP contribution in [0.3, 0.4) is 0 Å².